The molecule has 1 aliphatic carbocycles. The number of hydrogen-bond acceptors (Lipinski definition) is 3. The largest absolute Gasteiger partial charge is 0.429 e. The molecule has 3 nitrogen and oxygen atoms in total. The van der Waals surface area contributed by atoms with Crippen molar-refractivity contribution < 1.29 is 14.6 Å². The second-order valence-corrected chi connectivity index (χ2v) is 5.36. The summed E-state index contributed by atoms with van der Waals surface area (Å²) in [5.41, 5.74) is 3.12. The molecule has 0 saturated heterocycles. The minimum absolute atomic E-state index is 0.292. The van der Waals surface area contributed by atoms with Crippen molar-refractivity contribution in [2.24, 2.45) is 11.8 Å². The first kappa shape index (κ1) is 13.1. The van der Waals surface area contributed by atoms with E-state index < -0.39 is 6.29 Å². The normalized spacial score (nSPS) is 31.7. The summed E-state index contributed by atoms with van der Waals surface area (Å²) in [4.78, 5) is 11.5. The maximum absolute atomic E-state index is 11.5. The van der Waals surface area contributed by atoms with Gasteiger partial charge in [0.05, 0.1) is 0 Å². The second-order valence-electron chi connectivity index (χ2n) is 5.36. The molecule has 1 N–H and O–H groups in total. The quantitative estimate of drug-likeness (QED) is 0.617. The smallest absolute Gasteiger partial charge is 0.336 e. The molecule has 0 amide bonds. The Morgan fingerprint density at radius 3 is 2.83 bits per heavy atom. The summed E-state index contributed by atoms with van der Waals surface area (Å²) >= 11 is 0. The lowest BCUT2D eigenvalue weighted by Gasteiger charge is -2.30. The Hall–Kier alpha value is -1.35. The maximum Gasteiger partial charge on any atom is 0.336 e. The standard InChI is InChI=1S/C15H20O3/c1-9(2)13-5-4-10(3)6-11(13)7-12-8-14(16)18-15(12)17/h6,8,11,13-14,16H,1,4-5,7H2,2-3H3/t11-,13+,14?/m1/s1. The van der Waals surface area contributed by atoms with Crippen LogP contribution in [0.1, 0.15) is 33.1 Å². The summed E-state index contributed by atoms with van der Waals surface area (Å²) in [7, 11) is 0. The predicted molar refractivity (Wildman–Crippen MR) is 69.6 cm³/mol. The van der Waals surface area contributed by atoms with E-state index in [9.17, 15) is 9.90 Å². The minimum atomic E-state index is -1.07. The van der Waals surface area contributed by atoms with Crippen LogP contribution in [0.2, 0.25) is 0 Å². The van der Waals surface area contributed by atoms with Gasteiger partial charge in [0.1, 0.15) is 0 Å². The second kappa shape index (κ2) is 5.11. The van der Waals surface area contributed by atoms with Crippen LogP contribution in [-0.2, 0) is 9.53 Å². The number of cyclic esters (lactones) is 1. The molecule has 0 fully saturated rings. The predicted octanol–water partition coefficient (Wildman–Crippen LogP) is 2.73. The first-order valence-electron chi connectivity index (χ1n) is 6.40. The summed E-state index contributed by atoms with van der Waals surface area (Å²) in [5, 5.41) is 9.27. The highest BCUT2D eigenvalue weighted by Crippen LogP contribution is 2.37. The highest BCUT2D eigenvalue weighted by Gasteiger charge is 2.30. The van der Waals surface area contributed by atoms with E-state index in [1.54, 1.807) is 0 Å². The molecule has 3 atom stereocenters. The molecular formula is C15H20O3. The Bertz CT molecular complexity index is 431. The van der Waals surface area contributed by atoms with Gasteiger partial charge in [0.25, 0.3) is 0 Å². The zero-order valence-corrected chi connectivity index (χ0v) is 11.0. The number of carbonyl (C=O) groups excluding carboxylic acids is 1. The lowest BCUT2D eigenvalue weighted by Crippen LogP contribution is -2.20. The summed E-state index contributed by atoms with van der Waals surface area (Å²) in [6.07, 6.45) is 5.50. The van der Waals surface area contributed by atoms with Crippen molar-refractivity contribution in [1.29, 1.82) is 0 Å². The van der Waals surface area contributed by atoms with Gasteiger partial charge in [-0.3, -0.25) is 0 Å². The number of ether oxygens (including phenoxy) is 1. The Labute approximate surface area is 108 Å². The van der Waals surface area contributed by atoms with Crippen LogP contribution in [0.5, 0.6) is 0 Å². The minimum Gasteiger partial charge on any atom is -0.429 e. The molecule has 1 aliphatic heterocycles. The average Bonchev–Trinajstić information content (AvgIpc) is 2.57. The molecule has 3 heteroatoms. The maximum atomic E-state index is 11.5. The van der Waals surface area contributed by atoms with E-state index in [1.807, 2.05) is 6.92 Å². The van der Waals surface area contributed by atoms with E-state index in [1.165, 1.54) is 11.6 Å². The average molecular weight is 248 g/mol. The zero-order valence-electron chi connectivity index (χ0n) is 11.0. The highest BCUT2D eigenvalue weighted by molar-refractivity contribution is 5.90. The van der Waals surface area contributed by atoms with Gasteiger partial charge in [-0.25, -0.2) is 4.79 Å². The molecule has 0 saturated carbocycles. The van der Waals surface area contributed by atoms with E-state index >= 15 is 0 Å². The number of hydrogen-bond donors (Lipinski definition) is 1. The molecule has 0 aromatic carbocycles. The molecule has 1 heterocycles. The van der Waals surface area contributed by atoms with E-state index in [0.29, 0.717) is 23.8 Å². The SMILES string of the molecule is C=C(C)[C@@H]1CCC(C)=C[C@@H]1CC1=CC(O)OC1=O. The molecule has 1 unspecified atom stereocenters. The van der Waals surface area contributed by atoms with Crippen LogP contribution in [-0.4, -0.2) is 17.4 Å². The van der Waals surface area contributed by atoms with Crippen LogP contribution in [0.4, 0.5) is 0 Å². The third-order valence-corrected chi connectivity index (χ3v) is 3.79. The number of esters is 1. The van der Waals surface area contributed by atoms with Crippen LogP contribution >= 0.6 is 0 Å². The van der Waals surface area contributed by atoms with Crippen LogP contribution in [0.15, 0.2) is 35.5 Å². The van der Waals surface area contributed by atoms with Gasteiger partial charge in [-0.1, -0.05) is 23.8 Å². The molecule has 18 heavy (non-hydrogen) atoms. The van der Waals surface area contributed by atoms with Crippen molar-refractivity contribution in [1.82, 2.24) is 0 Å². The van der Waals surface area contributed by atoms with Crippen molar-refractivity contribution in [3.05, 3.63) is 35.5 Å². The van der Waals surface area contributed by atoms with E-state index in [-0.39, 0.29) is 5.97 Å². The third kappa shape index (κ3) is 2.72. The van der Waals surface area contributed by atoms with Crippen molar-refractivity contribution in [3.8, 4) is 0 Å². The van der Waals surface area contributed by atoms with Gasteiger partial charge in [0.15, 0.2) is 0 Å². The van der Waals surface area contributed by atoms with Crippen molar-refractivity contribution in [2.75, 3.05) is 0 Å². The van der Waals surface area contributed by atoms with Crippen molar-refractivity contribution in [3.63, 3.8) is 0 Å². The Kier molecular flexibility index (Phi) is 3.71. The molecule has 2 rings (SSSR count). The van der Waals surface area contributed by atoms with Crippen LogP contribution < -0.4 is 0 Å². The van der Waals surface area contributed by atoms with Crippen LogP contribution in [0.25, 0.3) is 0 Å². The summed E-state index contributed by atoms with van der Waals surface area (Å²) in [5.74, 6) is 0.320. The van der Waals surface area contributed by atoms with Gasteiger partial charge in [0.2, 0.25) is 6.29 Å². The molecule has 0 aromatic rings. The Morgan fingerprint density at radius 2 is 2.28 bits per heavy atom. The molecule has 98 valence electrons. The van der Waals surface area contributed by atoms with Gasteiger partial charge in [-0.15, -0.1) is 0 Å². The fraction of sp³-hybridized carbons (Fsp3) is 0.533. The zero-order chi connectivity index (χ0) is 13.3. The summed E-state index contributed by atoms with van der Waals surface area (Å²) < 4.78 is 4.72. The van der Waals surface area contributed by atoms with Gasteiger partial charge < -0.3 is 9.84 Å². The van der Waals surface area contributed by atoms with E-state index in [4.69, 9.17) is 4.74 Å². The number of aliphatic hydroxyl groups excluding tert-OH is 1. The van der Waals surface area contributed by atoms with Gasteiger partial charge >= 0.3 is 5.97 Å². The molecule has 0 radical (unpaired) electrons. The number of aliphatic hydroxyl groups is 1. The number of rotatable bonds is 3. The molecule has 2 aliphatic rings. The number of allylic oxidation sites excluding steroid dienone is 3. The summed E-state index contributed by atoms with van der Waals surface area (Å²) in [6, 6.07) is 0. The first-order valence-corrected chi connectivity index (χ1v) is 6.40. The van der Waals surface area contributed by atoms with Gasteiger partial charge in [0, 0.05) is 5.57 Å². The Balaban J connectivity index is 2.14. The first-order chi connectivity index (χ1) is 8.47. The van der Waals surface area contributed by atoms with E-state index in [0.717, 1.165) is 18.4 Å². The molecule has 0 bridgehead atoms. The van der Waals surface area contributed by atoms with Crippen molar-refractivity contribution >= 4 is 5.97 Å². The topological polar surface area (TPSA) is 46.5 Å². The fourth-order valence-electron chi connectivity index (χ4n) is 2.84. The fourth-order valence-corrected chi connectivity index (χ4v) is 2.84. The Morgan fingerprint density at radius 1 is 1.56 bits per heavy atom. The van der Waals surface area contributed by atoms with E-state index in [2.05, 4.69) is 19.6 Å². The molecule has 0 aromatic heterocycles. The van der Waals surface area contributed by atoms with Crippen LogP contribution in [0, 0.1) is 11.8 Å². The lowest BCUT2D eigenvalue weighted by molar-refractivity contribution is -0.151. The number of carbonyl (C=O) groups is 1. The monoisotopic (exact) mass is 248 g/mol. The lowest BCUT2D eigenvalue weighted by atomic mass is 9.75. The van der Waals surface area contributed by atoms with Crippen molar-refractivity contribution in [2.45, 2.75) is 39.4 Å². The molecular weight excluding hydrogens is 228 g/mol. The van der Waals surface area contributed by atoms with Crippen LogP contribution in [0.3, 0.4) is 0 Å². The third-order valence-electron chi connectivity index (χ3n) is 3.79. The highest BCUT2D eigenvalue weighted by atomic mass is 16.6. The van der Waals surface area contributed by atoms with Gasteiger partial charge in [-0.05, 0) is 51.0 Å². The molecule has 0 spiro atoms. The van der Waals surface area contributed by atoms with Gasteiger partial charge in [-0.2, -0.15) is 0 Å². The summed E-state index contributed by atoms with van der Waals surface area (Å²) in [6.45, 7) is 8.22.